The van der Waals surface area contributed by atoms with Crippen LogP contribution < -0.4 is 14.8 Å². The lowest BCUT2D eigenvalue weighted by Gasteiger charge is -2.26. The normalized spacial score (nSPS) is 19.0. The Hall–Kier alpha value is -2.14. The summed E-state index contributed by atoms with van der Waals surface area (Å²) in [5.74, 6) is 0.156. The van der Waals surface area contributed by atoms with E-state index in [-0.39, 0.29) is 42.4 Å². The molecule has 2 aliphatic rings. The van der Waals surface area contributed by atoms with Crippen LogP contribution in [0, 0.1) is 0 Å². The highest BCUT2D eigenvalue weighted by molar-refractivity contribution is 7.89. The van der Waals surface area contributed by atoms with Gasteiger partial charge in [0.2, 0.25) is 10.0 Å². The van der Waals surface area contributed by atoms with E-state index in [1.54, 1.807) is 0 Å². The fraction of sp³-hybridized carbons (Fsp3) is 0.421. The summed E-state index contributed by atoms with van der Waals surface area (Å²) in [6.07, 6.45) is 1.61. The van der Waals surface area contributed by atoms with Gasteiger partial charge in [-0.15, -0.1) is 11.3 Å². The van der Waals surface area contributed by atoms with E-state index in [9.17, 15) is 13.2 Å². The largest absolute Gasteiger partial charge is 0.495 e. The molecule has 4 rings (SSSR count). The zero-order valence-corrected chi connectivity index (χ0v) is 17.6. The van der Waals surface area contributed by atoms with E-state index < -0.39 is 10.0 Å². The summed E-state index contributed by atoms with van der Waals surface area (Å²) < 4.78 is 45.1. The summed E-state index contributed by atoms with van der Waals surface area (Å²) in [7, 11) is -2.51. The minimum atomic E-state index is -3.91. The van der Waals surface area contributed by atoms with E-state index >= 15 is 0 Å². The molecule has 10 heteroatoms. The van der Waals surface area contributed by atoms with Crippen LogP contribution in [-0.2, 0) is 26.1 Å². The molecule has 8 nitrogen and oxygen atoms in total. The van der Waals surface area contributed by atoms with Crippen LogP contribution in [0.4, 0.5) is 5.69 Å². The highest BCUT2D eigenvalue weighted by atomic mass is 32.2. The second kappa shape index (κ2) is 8.31. The maximum absolute atomic E-state index is 13.6. The van der Waals surface area contributed by atoms with E-state index in [1.165, 1.54) is 34.9 Å². The van der Waals surface area contributed by atoms with Gasteiger partial charge in [0.05, 0.1) is 18.9 Å². The maximum atomic E-state index is 13.6. The Balaban J connectivity index is 1.71. The smallest absolute Gasteiger partial charge is 0.262 e. The highest BCUT2D eigenvalue weighted by Gasteiger charge is 2.33. The zero-order chi connectivity index (χ0) is 20.4. The van der Waals surface area contributed by atoms with E-state index in [0.717, 1.165) is 17.7 Å². The second-order valence-electron chi connectivity index (χ2n) is 6.85. The van der Waals surface area contributed by atoms with Gasteiger partial charge in [0, 0.05) is 36.7 Å². The predicted molar refractivity (Wildman–Crippen MR) is 108 cm³/mol. The molecule has 0 spiro atoms. The second-order valence-corrected chi connectivity index (χ2v) is 9.79. The average molecular weight is 439 g/mol. The number of sulfonamides is 1. The topological polar surface area (TPSA) is 94.2 Å². The van der Waals surface area contributed by atoms with Gasteiger partial charge in [-0.25, -0.2) is 8.42 Å². The fourth-order valence-electron chi connectivity index (χ4n) is 3.43. The number of benzene rings is 1. The Kier molecular flexibility index (Phi) is 5.77. The number of nitrogens with one attached hydrogen (secondary N) is 1. The summed E-state index contributed by atoms with van der Waals surface area (Å²) in [4.78, 5) is 12.5. The molecule has 1 amide bonds. The summed E-state index contributed by atoms with van der Waals surface area (Å²) in [6.45, 7) is 0.997. The standard InChI is InChI=1S/C19H22N2O6S2/c1-25-17-8-15-16(27-12-19(22)20-15)9-18(17)29(23,24)21(10-13-4-2-6-26-13)11-14-5-3-7-28-14/h3,5,7-9,13H,2,4,6,10-12H2,1H3,(H,20,22)/t13-/m0/s1. The molecule has 0 bridgehead atoms. The van der Waals surface area contributed by atoms with E-state index in [4.69, 9.17) is 14.2 Å². The van der Waals surface area contributed by atoms with Crippen molar-refractivity contribution in [2.24, 2.45) is 0 Å². The van der Waals surface area contributed by atoms with Crippen LogP contribution >= 0.6 is 11.3 Å². The molecule has 0 aliphatic carbocycles. The monoisotopic (exact) mass is 438 g/mol. The summed E-state index contributed by atoms with van der Waals surface area (Å²) >= 11 is 1.50. The molecule has 0 unspecified atom stereocenters. The number of amides is 1. The number of nitrogens with zero attached hydrogens (tertiary/aromatic N) is 1. The molecule has 0 saturated carbocycles. The molecule has 3 heterocycles. The van der Waals surface area contributed by atoms with Gasteiger partial charge in [-0.1, -0.05) is 6.07 Å². The SMILES string of the molecule is COc1cc2c(cc1S(=O)(=O)N(Cc1cccs1)C[C@@H]1CCCO1)OCC(=O)N2. The van der Waals surface area contributed by atoms with Crippen molar-refractivity contribution in [2.75, 3.05) is 32.2 Å². The number of hydrogen-bond donors (Lipinski definition) is 1. The number of methoxy groups -OCH3 is 1. The van der Waals surface area contributed by atoms with Crippen LogP contribution in [0.5, 0.6) is 11.5 Å². The van der Waals surface area contributed by atoms with Gasteiger partial charge in [-0.05, 0) is 24.3 Å². The third kappa shape index (κ3) is 4.25. The van der Waals surface area contributed by atoms with Crippen molar-refractivity contribution in [2.45, 2.75) is 30.4 Å². The Labute approximate surface area is 173 Å². The summed E-state index contributed by atoms with van der Waals surface area (Å²) in [5.41, 5.74) is 0.390. The van der Waals surface area contributed by atoms with Gasteiger partial charge in [0.1, 0.15) is 16.4 Å². The molecule has 29 heavy (non-hydrogen) atoms. The van der Waals surface area contributed by atoms with Crippen LogP contribution in [0.1, 0.15) is 17.7 Å². The van der Waals surface area contributed by atoms with Gasteiger partial charge < -0.3 is 19.5 Å². The Morgan fingerprint density at radius 3 is 2.93 bits per heavy atom. The number of carbonyl (C=O) groups is 1. The van der Waals surface area contributed by atoms with Crippen molar-refractivity contribution in [3.8, 4) is 11.5 Å². The lowest BCUT2D eigenvalue weighted by molar-refractivity contribution is -0.118. The Morgan fingerprint density at radius 1 is 1.38 bits per heavy atom. The first-order valence-corrected chi connectivity index (χ1v) is 11.6. The molecule has 1 N–H and O–H groups in total. The number of ether oxygens (including phenoxy) is 3. The number of carbonyl (C=O) groups excluding carboxylic acids is 1. The van der Waals surface area contributed by atoms with Gasteiger partial charge in [0.25, 0.3) is 5.91 Å². The lowest BCUT2D eigenvalue weighted by Crippen LogP contribution is -2.37. The number of thiophene rings is 1. The van der Waals surface area contributed by atoms with Crippen LogP contribution in [0.3, 0.4) is 0 Å². The van der Waals surface area contributed by atoms with Crippen molar-refractivity contribution >= 4 is 33.0 Å². The maximum Gasteiger partial charge on any atom is 0.262 e. The Bertz CT molecular complexity index is 984. The van der Waals surface area contributed by atoms with Crippen molar-refractivity contribution in [3.63, 3.8) is 0 Å². The van der Waals surface area contributed by atoms with Gasteiger partial charge in [-0.2, -0.15) is 4.31 Å². The molecule has 156 valence electrons. The van der Waals surface area contributed by atoms with Crippen molar-refractivity contribution < 1.29 is 27.4 Å². The van der Waals surface area contributed by atoms with Crippen molar-refractivity contribution in [1.82, 2.24) is 4.31 Å². The molecular weight excluding hydrogens is 416 g/mol. The first-order chi connectivity index (χ1) is 14.0. The summed E-state index contributed by atoms with van der Waals surface area (Å²) in [5, 5.41) is 4.59. The third-order valence-electron chi connectivity index (χ3n) is 4.86. The van der Waals surface area contributed by atoms with Gasteiger partial charge in [0.15, 0.2) is 6.61 Å². The summed E-state index contributed by atoms with van der Waals surface area (Å²) in [6, 6.07) is 6.70. The average Bonchev–Trinajstić information content (AvgIpc) is 3.40. The molecule has 1 aromatic carbocycles. The van der Waals surface area contributed by atoms with E-state index in [2.05, 4.69) is 5.32 Å². The fourth-order valence-corrected chi connectivity index (χ4v) is 5.83. The van der Waals surface area contributed by atoms with Crippen molar-refractivity contribution in [1.29, 1.82) is 0 Å². The molecular formula is C19H22N2O6S2. The predicted octanol–water partition coefficient (Wildman–Crippen LogP) is 2.46. The highest BCUT2D eigenvalue weighted by Crippen LogP contribution is 2.39. The first-order valence-electron chi connectivity index (χ1n) is 9.26. The van der Waals surface area contributed by atoms with Gasteiger partial charge >= 0.3 is 0 Å². The molecule has 1 saturated heterocycles. The molecule has 2 aromatic rings. The zero-order valence-electron chi connectivity index (χ0n) is 15.9. The lowest BCUT2D eigenvalue weighted by atomic mass is 10.2. The molecule has 1 atom stereocenters. The quantitative estimate of drug-likeness (QED) is 0.714. The first kappa shape index (κ1) is 20.1. The van der Waals surface area contributed by atoms with Crippen LogP contribution in [0.25, 0.3) is 0 Å². The number of hydrogen-bond acceptors (Lipinski definition) is 7. The third-order valence-corrected chi connectivity index (χ3v) is 7.55. The number of fused-ring (bicyclic) bond motifs is 1. The van der Waals surface area contributed by atoms with Crippen LogP contribution in [0.15, 0.2) is 34.5 Å². The number of rotatable bonds is 7. The molecule has 1 aromatic heterocycles. The Morgan fingerprint density at radius 2 is 2.24 bits per heavy atom. The van der Waals surface area contributed by atoms with Crippen LogP contribution in [0.2, 0.25) is 0 Å². The minimum absolute atomic E-state index is 0.00412. The van der Waals surface area contributed by atoms with Gasteiger partial charge in [-0.3, -0.25) is 4.79 Å². The van der Waals surface area contributed by atoms with E-state index in [1.807, 2.05) is 17.5 Å². The number of anilines is 1. The van der Waals surface area contributed by atoms with Crippen molar-refractivity contribution in [3.05, 3.63) is 34.5 Å². The van der Waals surface area contributed by atoms with E-state index in [0.29, 0.717) is 18.0 Å². The minimum Gasteiger partial charge on any atom is -0.495 e. The molecule has 2 aliphatic heterocycles. The molecule has 1 fully saturated rings. The molecule has 0 radical (unpaired) electrons. The van der Waals surface area contributed by atoms with Crippen LogP contribution in [-0.4, -0.2) is 51.6 Å².